The standard InChI is InChI=1S/C108H74B2N6/c1-9-33-75(34-10-1)79-41-27-53-88(69-79)114-100-60-31-61-101-106(100)109(94-66-63-82(72-103(94)114)76-35-11-2-12-36-76)95-67-64-90(111(83-44-17-5-18-45-83)84-46-19-6-20-47-84)73-105(95)115(101)89-54-29-43-81(71-89)80-42-28-52-87(70-80)112(85-48-21-7-22-49-85)91-65-68-96-104(74-91)113(86-50-23-8-24-51-86)99-59-32-62-102-107(99)110(96)97-57-30-56-93(78-39-15-4-16-40-78)108(97)116(102)98-58-26-25-55-92(98)77-37-13-3-14-38-77/h1-74H. The third-order valence-corrected chi connectivity index (χ3v) is 23.7. The largest absolute Gasteiger partial charge is 0.311 e. The maximum Gasteiger partial charge on any atom is 0.252 e. The van der Waals surface area contributed by atoms with Crippen LogP contribution in [0.4, 0.5) is 102 Å². The van der Waals surface area contributed by atoms with Gasteiger partial charge in [0, 0.05) is 108 Å². The number of para-hydroxylation sites is 6. The van der Waals surface area contributed by atoms with Gasteiger partial charge in [-0.1, -0.05) is 303 Å². The lowest BCUT2D eigenvalue weighted by atomic mass is 9.33. The van der Waals surface area contributed by atoms with Gasteiger partial charge in [0.2, 0.25) is 0 Å². The van der Waals surface area contributed by atoms with Crippen LogP contribution >= 0.6 is 0 Å². The fourth-order valence-electron chi connectivity index (χ4n) is 18.7. The Kier molecular flexibility index (Phi) is 16.7. The topological polar surface area (TPSA) is 19.4 Å². The Bertz CT molecular complexity index is 6720. The minimum atomic E-state index is -0.124. The Morgan fingerprint density at radius 3 is 0.991 bits per heavy atom. The maximum atomic E-state index is 2.57. The predicted octanol–water partition coefficient (Wildman–Crippen LogP) is 25.1. The Balaban J connectivity index is 0.706. The van der Waals surface area contributed by atoms with Gasteiger partial charge in [0.15, 0.2) is 0 Å². The summed E-state index contributed by atoms with van der Waals surface area (Å²) in [6.45, 7) is -0.247. The van der Waals surface area contributed by atoms with Gasteiger partial charge in [0.1, 0.15) is 0 Å². The predicted molar refractivity (Wildman–Crippen MR) is 491 cm³/mol. The van der Waals surface area contributed by atoms with Crippen molar-refractivity contribution in [3.63, 3.8) is 0 Å². The van der Waals surface area contributed by atoms with E-state index in [1.807, 2.05) is 0 Å². The second-order valence-corrected chi connectivity index (χ2v) is 30.3. The number of rotatable bonds is 15. The van der Waals surface area contributed by atoms with E-state index in [1.54, 1.807) is 0 Å². The summed E-state index contributed by atoms with van der Waals surface area (Å²) < 4.78 is 0. The molecule has 0 aromatic heterocycles. The first-order chi connectivity index (χ1) is 57.6. The van der Waals surface area contributed by atoms with E-state index in [0.717, 1.165) is 113 Å². The summed E-state index contributed by atoms with van der Waals surface area (Å²) in [5, 5.41) is 0. The second-order valence-electron chi connectivity index (χ2n) is 30.3. The lowest BCUT2D eigenvalue weighted by Gasteiger charge is -2.45. The van der Waals surface area contributed by atoms with Crippen LogP contribution in [0.25, 0.3) is 55.6 Å². The number of benzene rings is 18. The maximum absolute atomic E-state index is 2.57. The fourth-order valence-corrected chi connectivity index (χ4v) is 18.7. The van der Waals surface area contributed by atoms with E-state index in [1.165, 1.54) is 77.4 Å². The van der Waals surface area contributed by atoms with Crippen molar-refractivity contribution in [2.45, 2.75) is 0 Å². The van der Waals surface area contributed by atoms with Gasteiger partial charge in [-0.25, -0.2) is 0 Å². The van der Waals surface area contributed by atoms with E-state index in [-0.39, 0.29) is 13.4 Å². The van der Waals surface area contributed by atoms with Gasteiger partial charge in [-0.05, 0) is 223 Å². The zero-order valence-electron chi connectivity index (χ0n) is 63.6. The van der Waals surface area contributed by atoms with E-state index < -0.39 is 0 Å². The van der Waals surface area contributed by atoms with Crippen molar-refractivity contribution in [1.29, 1.82) is 0 Å². The lowest BCUT2D eigenvalue weighted by molar-refractivity contribution is 1.24. The number of fused-ring (bicyclic) bond motifs is 8. The minimum Gasteiger partial charge on any atom is -0.311 e. The molecule has 542 valence electrons. The first-order valence-electron chi connectivity index (χ1n) is 40.0. The van der Waals surface area contributed by atoms with Gasteiger partial charge in [-0.15, -0.1) is 0 Å². The summed E-state index contributed by atoms with van der Waals surface area (Å²) in [5.41, 5.74) is 38.9. The Morgan fingerprint density at radius 1 is 0.164 bits per heavy atom. The van der Waals surface area contributed by atoms with Crippen LogP contribution in [0.1, 0.15) is 0 Å². The molecule has 4 aliphatic heterocycles. The van der Waals surface area contributed by atoms with Crippen LogP contribution in [0.5, 0.6) is 0 Å². The van der Waals surface area contributed by atoms with Crippen LogP contribution in [-0.4, -0.2) is 13.4 Å². The molecule has 0 saturated carbocycles. The summed E-state index contributed by atoms with van der Waals surface area (Å²) in [7, 11) is 0. The molecule has 0 spiro atoms. The van der Waals surface area contributed by atoms with Gasteiger partial charge in [0.05, 0.1) is 5.69 Å². The van der Waals surface area contributed by atoms with Gasteiger partial charge in [-0.2, -0.15) is 0 Å². The molecule has 0 atom stereocenters. The Labute approximate surface area is 678 Å². The van der Waals surface area contributed by atoms with Crippen LogP contribution < -0.4 is 62.2 Å². The third-order valence-electron chi connectivity index (χ3n) is 23.7. The van der Waals surface area contributed by atoms with Crippen molar-refractivity contribution in [2.24, 2.45) is 0 Å². The highest BCUT2D eigenvalue weighted by molar-refractivity contribution is 7.01. The summed E-state index contributed by atoms with van der Waals surface area (Å²) in [4.78, 5) is 15.0. The zero-order valence-corrected chi connectivity index (χ0v) is 63.6. The highest BCUT2D eigenvalue weighted by atomic mass is 15.2. The van der Waals surface area contributed by atoms with Crippen molar-refractivity contribution < 1.29 is 0 Å². The van der Waals surface area contributed by atoms with E-state index >= 15 is 0 Å². The SMILES string of the molecule is c1ccc(-c2cccc(N3c4cc(-c5ccccc5)ccc4B4c5ccc(N(c6ccccc6)c6ccccc6)cc5N(c5cccc(-c6cccc(N(c7ccccc7)c7ccc8c(c7)N(c7ccccc7)c7cccc9c7B8c7cccc(-c8ccccc8)c7N9c7ccccc7-c7ccccc7)c6)c5)c5cccc3c54)c2)cc1. The van der Waals surface area contributed by atoms with E-state index in [4.69, 9.17) is 0 Å². The van der Waals surface area contributed by atoms with E-state index in [2.05, 4.69) is 478 Å². The van der Waals surface area contributed by atoms with Crippen LogP contribution in [0.2, 0.25) is 0 Å². The van der Waals surface area contributed by atoms with Gasteiger partial charge in [0.25, 0.3) is 13.4 Å². The number of hydrogen-bond donors (Lipinski definition) is 0. The molecule has 0 fully saturated rings. The molecule has 0 unspecified atom stereocenters. The molecule has 18 aromatic carbocycles. The molecule has 18 aromatic rings. The monoisotopic (exact) mass is 1480 g/mol. The number of hydrogen-bond acceptors (Lipinski definition) is 6. The van der Waals surface area contributed by atoms with Gasteiger partial charge < -0.3 is 29.4 Å². The molecule has 116 heavy (non-hydrogen) atoms. The molecule has 4 aliphatic rings. The van der Waals surface area contributed by atoms with Crippen molar-refractivity contribution in [3.8, 4) is 55.6 Å². The van der Waals surface area contributed by atoms with Crippen molar-refractivity contribution >= 4 is 149 Å². The Morgan fingerprint density at radius 2 is 0.474 bits per heavy atom. The molecule has 0 aliphatic carbocycles. The third kappa shape index (κ3) is 11.5. The highest BCUT2D eigenvalue weighted by Gasteiger charge is 2.47. The zero-order chi connectivity index (χ0) is 76.6. The molecule has 22 rings (SSSR count). The number of anilines is 18. The molecule has 0 N–H and O–H groups in total. The quantitative estimate of drug-likeness (QED) is 0.0946. The molecule has 4 heterocycles. The minimum absolute atomic E-state index is 0.123. The first-order valence-corrected chi connectivity index (χ1v) is 40.0. The van der Waals surface area contributed by atoms with Crippen molar-refractivity contribution in [1.82, 2.24) is 0 Å². The molecule has 0 radical (unpaired) electrons. The molecule has 8 heteroatoms. The lowest BCUT2D eigenvalue weighted by Crippen LogP contribution is -2.61. The first kappa shape index (κ1) is 67.8. The van der Waals surface area contributed by atoms with Gasteiger partial charge in [-0.3, -0.25) is 0 Å². The fraction of sp³-hybridized carbons (Fsp3) is 0. The van der Waals surface area contributed by atoms with E-state index in [9.17, 15) is 0 Å². The summed E-state index contributed by atoms with van der Waals surface area (Å²) in [6, 6.07) is 166. The number of nitrogens with zero attached hydrogens (tertiary/aromatic N) is 6. The van der Waals surface area contributed by atoms with E-state index in [0.29, 0.717) is 0 Å². The summed E-state index contributed by atoms with van der Waals surface area (Å²) >= 11 is 0. The molecule has 0 bridgehead atoms. The van der Waals surface area contributed by atoms with Crippen molar-refractivity contribution in [2.75, 3.05) is 29.4 Å². The molecular formula is C108H74B2N6. The van der Waals surface area contributed by atoms with Crippen LogP contribution in [0.15, 0.2) is 449 Å². The highest BCUT2D eigenvalue weighted by Crippen LogP contribution is 2.53. The Hall–Kier alpha value is -15.1. The molecule has 0 amide bonds. The molecular weight excluding hydrogens is 1400 g/mol. The van der Waals surface area contributed by atoms with Crippen LogP contribution in [0, 0.1) is 0 Å². The summed E-state index contributed by atoms with van der Waals surface area (Å²) in [6.07, 6.45) is 0. The van der Waals surface area contributed by atoms with Gasteiger partial charge >= 0.3 is 0 Å². The van der Waals surface area contributed by atoms with Crippen LogP contribution in [-0.2, 0) is 0 Å². The average molecular weight is 1480 g/mol. The smallest absolute Gasteiger partial charge is 0.252 e. The second kappa shape index (κ2) is 28.6. The molecule has 0 saturated heterocycles. The summed E-state index contributed by atoms with van der Waals surface area (Å²) in [5.74, 6) is 0. The van der Waals surface area contributed by atoms with Crippen molar-refractivity contribution in [3.05, 3.63) is 449 Å². The average Bonchev–Trinajstić information content (AvgIpc) is 0.699. The molecule has 6 nitrogen and oxygen atoms in total. The van der Waals surface area contributed by atoms with Crippen LogP contribution in [0.3, 0.4) is 0 Å². The normalized spacial score (nSPS) is 12.6.